The number of halogens is 3. The van der Waals surface area contributed by atoms with Crippen LogP contribution >= 0.6 is 0 Å². The number of hydrogen-bond donors (Lipinski definition) is 0. The third kappa shape index (κ3) is 5.61. The smallest absolute Gasteiger partial charge is 0.359 e. The van der Waals surface area contributed by atoms with Crippen LogP contribution in [-0.2, 0) is 9.22 Å². The van der Waals surface area contributed by atoms with E-state index in [0.29, 0.717) is 6.04 Å². The topological polar surface area (TPSA) is 26.3 Å². The zero-order valence-electron chi connectivity index (χ0n) is 9.07. The fourth-order valence-corrected chi connectivity index (χ4v) is 2.92. The molecule has 0 saturated carbocycles. The minimum absolute atomic E-state index is 0.649. The molecule has 0 aromatic carbocycles. The molecule has 0 spiro atoms. The van der Waals surface area contributed by atoms with Gasteiger partial charge in [-0.15, -0.1) is 0 Å². The van der Waals surface area contributed by atoms with Crippen molar-refractivity contribution in [2.75, 3.05) is 0 Å². The van der Waals surface area contributed by atoms with Crippen molar-refractivity contribution in [3.63, 3.8) is 0 Å². The van der Waals surface area contributed by atoms with Crippen molar-refractivity contribution >= 4 is 14.3 Å². The molecule has 0 atom stereocenters. The summed E-state index contributed by atoms with van der Waals surface area (Å²) in [6, 6.07) is 0.649. The van der Waals surface area contributed by atoms with Gasteiger partial charge in [-0.05, 0) is 19.1 Å². The Hall–Kier alpha value is -0.783. The Morgan fingerprint density at radius 3 is 2.20 bits per heavy atom. The second-order valence-corrected chi connectivity index (χ2v) is 8.05. The first kappa shape index (κ1) is 14.2. The summed E-state index contributed by atoms with van der Waals surface area (Å²) in [7, 11) is -2.35. The standard InChI is InChI=1S/C9H15F3O2Si/c1-4-5-6-15(2,3)14-9(13)7(10)8(11)12/h4-6H2,1-3H3. The van der Waals surface area contributed by atoms with Crippen LogP contribution < -0.4 is 0 Å². The summed E-state index contributed by atoms with van der Waals surface area (Å²) in [5, 5.41) is 0. The highest BCUT2D eigenvalue weighted by Gasteiger charge is 2.29. The van der Waals surface area contributed by atoms with Crippen LogP contribution in [0.15, 0.2) is 11.9 Å². The average Bonchev–Trinajstić information content (AvgIpc) is 2.12. The Morgan fingerprint density at radius 2 is 1.80 bits per heavy atom. The van der Waals surface area contributed by atoms with Crippen LogP contribution in [-0.4, -0.2) is 14.3 Å². The molecule has 0 unspecified atom stereocenters. The van der Waals surface area contributed by atoms with Crippen LogP contribution in [0, 0.1) is 0 Å². The SMILES string of the molecule is CCCC[Si](C)(C)OC(=O)C(F)=C(F)F. The maximum absolute atomic E-state index is 12.4. The van der Waals surface area contributed by atoms with E-state index in [4.69, 9.17) is 4.43 Å². The molecule has 0 bridgehead atoms. The van der Waals surface area contributed by atoms with Crippen molar-refractivity contribution in [2.24, 2.45) is 0 Å². The van der Waals surface area contributed by atoms with Gasteiger partial charge in [-0.3, -0.25) is 0 Å². The number of carbonyl (C=O) groups excluding carboxylic acids is 1. The molecular formula is C9H15F3O2Si. The number of unbranched alkanes of at least 4 members (excludes halogenated alkanes) is 1. The lowest BCUT2D eigenvalue weighted by molar-refractivity contribution is -0.132. The molecule has 0 heterocycles. The molecule has 0 amide bonds. The Kier molecular flexibility index (Phi) is 5.63. The highest BCUT2D eigenvalue weighted by atomic mass is 28.4. The van der Waals surface area contributed by atoms with E-state index in [1.807, 2.05) is 6.92 Å². The van der Waals surface area contributed by atoms with E-state index < -0.39 is 26.2 Å². The van der Waals surface area contributed by atoms with Crippen LogP contribution in [0.4, 0.5) is 13.2 Å². The number of hydrogen-bond acceptors (Lipinski definition) is 2. The summed E-state index contributed by atoms with van der Waals surface area (Å²) in [4.78, 5) is 10.9. The minimum Gasteiger partial charge on any atom is -0.514 e. The number of rotatable bonds is 5. The molecular weight excluding hydrogens is 225 g/mol. The minimum atomic E-state index is -2.62. The molecule has 0 rings (SSSR count). The zero-order chi connectivity index (χ0) is 12.1. The van der Waals surface area contributed by atoms with Crippen LogP contribution in [0.5, 0.6) is 0 Å². The van der Waals surface area contributed by atoms with Crippen molar-refractivity contribution in [1.82, 2.24) is 0 Å². The normalized spacial score (nSPS) is 11.1. The van der Waals surface area contributed by atoms with Crippen LogP contribution in [0.25, 0.3) is 0 Å². The Labute approximate surface area is 88.2 Å². The summed E-state index contributed by atoms with van der Waals surface area (Å²) in [6.07, 6.45) is -0.861. The second kappa shape index (κ2) is 5.94. The Balaban J connectivity index is 4.34. The van der Waals surface area contributed by atoms with Gasteiger partial charge in [0.25, 0.3) is 5.83 Å². The maximum atomic E-state index is 12.4. The predicted molar refractivity (Wildman–Crippen MR) is 53.6 cm³/mol. The predicted octanol–water partition coefficient (Wildman–Crippen LogP) is 3.61. The van der Waals surface area contributed by atoms with Gasteiger partial charge in [-0.1, -0.05) is 19.8 Å². The van der Waals surface area contributed by atoms with Gasteiger partial charge in [0, 0.05) is 0 Å². The first-order chi connectivity index (χ1) is 6.80. The van der Waals surface area contributed by atoms with Crippen LogP contribution in [0.1, 0.15) is 19.8 Å². The van der Waals surface area contributed by atoms with Crippen molar-refractivity contribution in [3.05, 3.63) is 11.9 Å². The molecule has 6 heteroatoms. The Morgan fingerprint density at radius 1 is 1.27 bits per heavy atom. The van der Waals surface area contributed by atoms with Gasteiger partial charge in [-0.2, -0.15) is 13.2 Å². The van der Waals surface area contributed by atoms with Gasteiger partial charge >= 0.3 is 12.0 Å². The average molecular weight is 240 g/mol. The summed E-state index contributed by atoms with van der Waals surface area (Å²) in [6.45, 7) is 5.36. The van der Waals surface area contributed by atoms with E-state index >= 15 is 0 Å². The summed E-state index contributed by atoms with van der Waals surface area (Å²) >= 11 is 0. The second-order valence-electron chi connectivity index (χ2n) is 3.83. The van der Waals surface area contributed by atoms with Crippen molar-refractivity contribution in [2.45, 2.75) is 38.9 Å². The fraction of sp³-hybridized carbons (Fsp3) is 0.667. The zero-order valence-corrected chi connectivity index (χ0v) is 10.1. The lowest BCUT2D eigenvalue weighted by Crippen LogP contribution is -2.33. The summed E-state index contributed by atoms with van der Waals surface area (Å²) in [5.74, 6) is -3.62. The highest BCUT2D eigenvalue weighted by molar-refractivity contribution is 6.72. The molecule has 0 aliphatic carbocycles. The third-order valence-corrected chi connectivity index (χ3v) is 4.14. The van der Waals surface area contributed by atoms with Gasteiger partial charge < -0.3 is 4.43 Å². The fourth-order valence-electron chi connectivity index (χ4n) is 1.03. The van der Waals surface area contributed by atoms with Gasteiger partial charge in [0.2, 0.25) is 8.32 Å². The largest absolute Gasteiger partial charge is 0.514 e. The molecule has 0 fully saturated rings. The molecule has 2 nitrogen and oxygen atoms in total. The van der Waals surface area contributed by atoms with Crippen molar-refractivity contribution < 1.29 is 22.4 Å². The molecule has 15 heavy (non-hydrogen) atoms. The van der Waals surface area contributed by atoms with Crippen LogP contribution in [0.2, 0.25) is 19.1 Å². The van der Waals surface area contributed by atoms with Gasteiger partial charge in [-0.25, -0.2) is 4.79 Å². The molecule has 0 aliphatic heterocycles. The molecule has 88 valence electrons. The van der Waals surface area contributed by atoms with E-state index in [1.54, 1.807) is 13.1 Å². The van der Waals surface area contributed by atoms with E-state index in [9.17, 15) is 18.0 Å². The van der Waals surface area contributed by atoms with Gasteiger partial charge in [0.05, 0.1) is 0 Å². The van der Waals surface area contributed by atoms with Gasteiger partial charge in [0.1, 0.15) is 0 Å². The molecule has 0 aliphatic rings. The first-order valence-electron chi connectivity index (χ1n) is 4.74. The molecule has 0 N–H and O–H groups in total. The van der Waals surface area contributed by atoms with E-state index in [1.165, 1.54) is 0 Å². The quantitative estimate of drug-likeness (QED) is 0.542. The van der Waals surface area contributed by atoms with E-state index in [-0.39, 0.29) is 0 Å². The third-order valence-electron chi connectivity index (χ3n) is 1.85. The van der Waals surface area contributed by atoms with E-state index in [0.717, 1.165) is 12.8 Å². The van der Waals surface area contributed by atoms with Crippen molar-refractivity contribution in [3.8, 4) is 0 Å². The number of carbonyl (C=O) groups is 1. The molecule has 0 aromatic heterocycles. The molecule has 0 saturated heterocycles. The molecule has 0 radical (unpaired) electrons. The van der Waals surface area contributed by atoms with E-state index in [2.05, 4.69) is 0 Å². The summed E-state index contributed by atoms with van der Waals surface area (Å²) < 4.78 is 40.6. The summed E-state index contributed by atoms with van der Waals surface area (Å²) in [5.41, 5.74) is 0. The van der Waals surface area contributed by atoms with Crippen molar-refractivity contribution in [1.29, 1.82) is 0 Å². The monoisotopic (exact) mass is 240 g/mol. The Bertz CT molecular complexity index is 260. The van der Waals surface area contributed by atoms with Crippen LogP contribution in [0.3, 0.4) is 0 Å². The lowest BCUT2D eigenvalue weighted by atomic mass is 10.4. The highest BCUT2D eigenvalue weighted by Crippen LogP contribution is 2.19. The van der Waals surface area contributed by atoms with Gasteiger partial charge in [0.15, 0.2) is 0 Å². The lowest BCUT2D eigenvalue weighted by Gasteiger charge is -2.21. The first-order valence-corrected chi connectivity index (χ1v) is 7.86. The molecule has 0 aromatic rings. The maximum Gasteiger partial charge on any atom is 0.359 e.